The molecule has 2 N–H and O–H groups in total. The van der Waals surface area contributed by atoms with Gasteiger partial charge in [0, 0.05) is 45.8 Å². The highest BCUT2D eigenvalue weighted by Crippen LogP contribution is 2.29. The fourth-order valence-electron chi connectivity index (χ4n) is 2.61. The van der Waals surface area contributed by atoms with Crippen LogP contribution in [-0.4, -0.2) is 45.1 Å². The molecule has 0 amide bonds. The number of nitrogens with one attached hydrogen (secondary N) is 1. The minimum Gasteiger partial charge on any atom is -0.396 e. The van der Waals surface area contributed by atoms with E-state index in [1.165, 1.54) is 12.1 Å². The van der Waals surface area contributed by atoms with Crippen LogP contribution in [0.1, 0.15) is 12.0 Å². The summed E-state index contributed by atoms with van der Waals surface area (Å²) in [6.07, 6.45) is 0.760. The van der Waals surface area contributed by atoms with Crippen LogP contribution in [-0.2, 0) is 11.3 Å². The molecule has 0 spiro atoms. The van der Waals surface area contributed by atoms with Crippen molar-refractivity contribution in [2.24, 2.45) is 5.92 Å². The molecular formula is C15H22F2N2O2. The smallest absolute Gasteiger partial charge is 0.149 e. The van der Waals surface area contributed by atoms with Crippen molar-refractivity contribution >= 4 is 5.69 Å². The number of ether oxygens (including phenoxy) is 1. The summed E-state index contributed by atoms with van der Waals surface area (Å²) in [4.78, 5) is 1.67. The minimum atomic E-state index is -0.544. The van der Waals surface area contributed by atoms with Gasteiger partial charge in [-0.05, 0) is 24.1 Å². The average Bonchev–Trinajstić information content (AvgIpc) is 2.91. The maximum Gasteiger partial charge on any atom is 0.149 e. The van der Waals surface area contributed by atoms with Gasteiger partial charge in [0.2, 0.25) is 0 Å². The van der Waals surface area contributed by atoms with Gasteiger partial charge in [-0.2, -0.15) is 0 Å². The Hall–Kier alpha value is -1.24. The molecule has 1 heterocycles. The number of hydrogen-bond acceptors (Lipinski definition) is 4. The van der Waals surface area contributed by atoms with Crippen molar-refractivity contribution < 1.29 is 18.6 Å². The quantitative estimate of drug-likeness (QED) is 0.750. The lowest BCUT2D eigenvalue weighted by molar-refractivity contribution is 0.199. The number of hydrogen-bond donors (Lipinski definition) is 2. The Balaban J connectivity index is 2.03. The summed E-state index contributed by atoms with van der Waals surface area (Å²) >= 11 is 0. The van der Waals surface area contributed by atoms with Crippen molar-refractivity contribution in [3.05, 3.63) is 29.3 Å². The average molecular weight is 300 g/mol. The van der Waals surface area contributed by atoms with Gasteiger partial charge in [0.1, 0.15) is 17.3 Å². The van der Waals surface area contributed by atoms with E-state index in [1.807, 2.05) is 0 Å². The van der Waals surface area contributed by atoms with E-state index in [9.17, 15) is 8.78 Å². The van der Waals surface area contributed by atoms with Gasteiger partial charge in [-0.15, -0.1) is 0 Å². The molecule has 0 aromatic heterocycles. The summed E-state index contributed by atoms with van der Waals surface area (Å²) in [5.74, 6) is -0.992. The summed E-state index contributed by atoms with van der Waals surface area (Å²) in [5, 5.41) is 12.2. The van der Waals surface area contributed by atoms with E-state index in [0.717, 1.165) is 6.42 Å². The predicted octanol–water partition coefficient (Wildman–Crippen LogP) is 1.52. The Kier molecular flexibility index (Phi) is 5.90. The summed E-state index contributed by atoms with van der Waals surface area (Å²) in [6, 6.07) is 2.73. The molecular weight excluding hydrogens is 278 g/mol. The molecule has 2 rings (SSSR count). The van der Waals surface area contributed by atoms with Crippen molar-refractivity contribution in [3.63, 3.8) is 0 Å². The fourth-order valence-corrected chi connectivity index (χ4v) is 2.61. The number of methoxy groups -OCH3 is 1. The van der Waals surface area contributed by atoms with Crippen molar-refractivity contribution in [1.82, 2.24) is 5.32 Å². The molecule has 1 unspecified atom stereocenters. The van der Waals surface area contributed by atoms with Gasteiger partial charge in [-0.1, -0.05) is 0 Å². The van der Waals surface area contributed by atoms with E-state index >= 15 is 0 Å². The van der Waals surface area contributed by atoms with E-state index in [-0.39, 0.29) is 18.2 Å². The van der Waals surface area contributed by atoms with Crippen LogP contribution in [0.5, 0.6) is 0 Å². The first-order valence-corrected chi connectivity index (χ1v) is 7.19. The van der Waals surface area contributed by atoms with E-state index in [4.69, 9.17) is 9.84 Å². The fraction of sp³-hybridized carbons (Fsp3) is 0.600. The Labute approximate surface area is 123 Å². The van der Waals surface area contributed by atoms with E-state index in [2.05, 4.69) is 5.32 Å². The highest BCUT2D eigenvalue weighted by atomic mass is 19.1. The molecule has 1 aliphatic rings. The maximum absolute atomic E-state index is 14.2. The third-order valence-electron chi connectivity index (χ3n) is 3.75. The standard InChI is InChI=1S/C15H22F2N2O2/c1-21-5-3-18-8-12-6-13(16)15(14(17)7-12)19-4-2-11(9-19)10-20/h6-7,11,18,20H,2-5,8-10H2,1H3. The third-order valence-corrected chi connectivity index (χ3v) is 3.75. The largest absolute Gasteiger partial charge is 0.396 e. The number of aliphatic hydroxyl groups excluding tert-OH is 1. The van der Waals surface area contributed by atoms with Crippen molar-refractivity contribution in [2.75, 3.05) is 44.9 Å². The summed E-state index contributed by atoms with van der Waals surface area (Å²) < 4.78 is 33.2. The maximum atomic E-state index is 14.2. The van der Waals surface area contributed by atoms with Crippen LogP contribution in [0, 0.1) is 17.6 Å². The molecule has 0 saturated carbocycles. The zero-order chi connectivity index (χ0) is 15.2. The van der Waals surface area contributed by atoms with Crippen LogP contribution >= 0.6 is 0 Å². The molecule has 0 radical (unpaired) electrons. The third kappa shape index (κ3) is 4.12. The molecule has 1 fully saturated rings. The highest BCUT2D eigenvalue weighted by Gasteiger charge is 2.26. The first-order chi connectivity index (χ1) is 10.2. The number of halogens is 2. The zero-order valence-corrected chi connectivity index (χ0v) is 12.2. The Morgan fingerprint density at radius 1 is 1.38 bits per heavy atom. The Morgan fingerprint density at radius 2 is 2.10 bits per heavy atom. The predicted molar refractivity (Wildman–Crippen MR) is 77.3 cm³/mol. The Bertz CT molecular complexity index is 448. The SMILES string of the molecule is COCCNCc1cc(F)c(N2CCC(CO)C2)c(F)c1. The second kappa shape index (κ2) is 7.68. The summed E-state index contributed by atoms with van der Waals surface area (Å²) in [7, 11) is 1.60. The molecule has 0 aliphatic carbocycles. The van der Waals surface area contributed by atoms with Gasteiger partial charge in [-0.3, -0.25) is 0 Å². The lowest BCUT2D eigenvalue weighted by Gasteiger charge is -2.20. The van der Waals surface area contributed by atoms with Crippen LogP contribution in [0.15, 0.2) is 12.1 Å². The molecule has 1 aromatic carbocycles. The number of nitrogens with zero attached hydrogens (tertiary/aromatic N) is 1. The van der Waals surface area contributed by atoms with E-state index in [0.29, 0.717) is 38.3 Å². The number of aliphatic hydroxyl groups is 1. The normalized spacial score (nSPS) is 18.5. The Morgan fingerprint density at radius 3 is 2.67 bits per heavy atom. The first-order valence-electron chi connectivity index (χ1n) is 7.19. The van der Waals surface area contributed by atoms with Crippen molar-refractivity contribution in [3.8, 4) is 0 Å². The van der Waals surface area contributed by atoms with Crippen LogP contribution in [0.4, 0.5) is 14.5 Å². The topological polar surface area (TPSA) is 44.7 Å². The van der Waals surface area contributed by atoms with Gasteiger partial charge >= 0.3 is 0 Å². The van der Waals surface area contributed by atoms with Gasteiger partial charge in [0.05, 0.1) is 6.61 Å². The molecule has 6 heteroatoms. The lowest BCUT2D eigenvalue weighted by atomic mass is 10.1. The van der Waals surface area contributed by atoms with Crippen molar-refractivity contribution in [1.29, 1.82) is 0 Å². The van der Waals surface area contributed by atoms with Crippen LogP contribution < -0.4 is 10.2 Å². The summed E-state index contributed by atoms with van der Waals surface area (Å²) in [6.45, 7) is 2.71. The molecule has 21 heavy (non-hydrogen) atoms. The molecule has 4 nitrogen and oxygen atoms in total. The first kappa shape index (κ1) is 16.1. The van der Waals surface area contributed by atoms with Gasteiger partial charge in [0.25, 0.3) is 0 Å². The molecule has 0 bridgehead atoms. The van der Waals surface area contributed by atoms with Crippen LogP contribution in [0.3, 0.4) is 0 Å². The molecule has 1 atom stereocenters. The second-order valence-corrected chi connectivity index (χ2v) is 5.36. The molecule has 1 aromatic rings. The molecule has 1 saturated heterocycles. The van der Waals surface area contributed by atoms with E-state index < -0.39 is 11.6 Å². The molecule has 1 aliphatic heterocycles. The molecule has 118 valence electrons. The lowest BCUT2D eigenvalue weighted by Crippen LogP contribution is -2.24. The monoisotopic (exact) mass is 300 g/mol. The number of benzene rings is 1. The number of rotatable bonds is 7. The van der Waals surface area contributed by atoms with Crippen LogP contribution in [0.25, 0.3) is 0 Å². The number of anilines is 1. The van der Waals surface area contributed by atoms with Crippen molar-refractivity contribution in [2.45, 2.75) is 13.0 Å². The second-order valence-electron chi connectivity index (χ2n) is 5.36. The van der Waals surface area contributed by atoms with Crippen LogP contribution in [0.2, 0.25) is 0 Å². The van der Waals surface area contributed by atoms with Gasteiger partial charge < -0.3 is 20.1 Å². The van der Waals surface area contributed by atoms with Gasteiger partial charge in [0.15, 0.2) is 0 Å². The minimum absolute atomic E-state index is 0.0200. The zero-order valence-electron chi connectivity index (χ0n) is 12.2. The van der Waals surface area contributed by atoms with E-state index in [1.54, 1.807) is 12.0 Å². The summed E-state index contributed by atoms with van der Waals surface area (Å²) in [5.41, 5.74) is 0.592. The highest BCUT2D eigenvalue weighted by molar-refractivity contribution is 5.51. The van der Waals surface area contributed by atoms with Gasteiger partial charge in [-0.25, -0.2) is 8.78 Å².